The maximum atomic E-state index is 12.5. The van der Waals surface area contributed by atoms with E-state index in [1.807, 2.05) is 30.1 Å². The molecule has 1 fully saturated rings. The van der Waals surface area contributed by atoms with Gasteiger partial charge in [0.2, 0.25) is 0 Å². The van der Waals surface area contributed by atoms with Crippen molar-refractivity contribution >= 4 is 11.7 Å². The lowest BCUT2D eigenvalue weighted by molar-refractivity contribution is 0.204. The molecule has 140 valence electrons. The summed E-state index contributed by atoms with van der Waals surface area (Å²) in [5.41, 5.74) is 2.47. The Hall–Kier alpha value is -2.50. The van der Waals surface area contributed by atoms with Crippen molar-refractivity contribution in [1.82, 2.24) is 20.0 Å². The summed E-state index contributed by atoms with van der Waals surface area (Å²) in [5.74, 6) is 0.323. The number of hydrogen-bond acceptors (Lipinski definition) is 3. The highest BCUT2D eigenvalue weighted by Gasteiger charge is 2.17. The Morgan fingerprint density at radius 1 is 1.27 bits per heavy atom. The molecule has 3 rings (SSSR count). The van der Waals surface area contributed by atoms with Gasteiger partial charge in [0, 0.05) is 57.9 Å². The van der Waals surface area contributed by atoms with Gasteiger partial charge in [-0.3, -0.25) is 4.68 Å². The molecular weight excluding hydrogens is 326 g/mol. The smallest absolute Gasteiger partial charge is 0.317 e. The van der Waals surface area contributed by atoms with Crippen LogP contribution in [0.15, 0.2) is 42.7 Å². The molecule has 0 radical (unpaired) electrons. The zero-order chi connectivity index (χ0) is 18.4. The van der Waals surface area contributed by atoms with Gasteiger partial charge >= 0.3 is 6.03 Å². The summed E-state index contributed by atoms with van der Waals surface area (Å²) in [4.78, 5) is 16.6. The number of amides is 2. The molecule has 1 atom stereocenters. The van der Waals surface area contributed by atoms with Crippen LogP contribution in [-0.2, 0) is 13.1 Å². The average molecular weight is 355 g/mol. The van der Waals surface area contributed by atoms with Crippen molar-refractivity contribution in [2.24, 2.45) is 5.92 Å². The number of carbonyl (C=O) groups is 1. The van der Waals surface area contributed by atoms with Crippen LogP contribution in [0.3, 0.4) is 0 Å². The van der Waals surface area contributed by atoms with Crippen molar-refractivity contribution in [2.75, 3.05) is 31.6 Å². The third-order valence-corrected chi connectivity index (χ3v) is 4.85. The lowest BCUT2D eigenvalue weighted by atomic mass is 10.1. The van der Waals surface area contributed by atoms with E-state index < -0.39 is 0 Å². The summed E-state index contributed by atoms with van der Waals surface area (Å²) in [5, 5.41) is 7.25. The fourth-order valence-electron chi connectivity index (χ4n) is 3.43. The molecule has 2 aromatic rings. The Kier molecular flexibility index (Phi) is 6.15. The summed E-state index contributed by atoms with van der Waals surface area (Å²) < 4.78 is 1.90. The zero-order valence-corrected chi connectivity index (χ0v) is 15.8. The summed E-state index contributed by atoms with van der Waals surface area (Å²) in [6.07, 6.45) is 6.22. The van der Waals surface area contributed by atoms with Crippen molar-refractivity contribution < 1.29 is 4.79 Å². The molecule has 0 saturated carbocycles. The number of carbonyl (C=O) groups excluding carboxylic acids is 1. The first-order chi connectivity index (χ1) is 12.6. The van der Waals surface area contributed by atoms with E-state index in [2.05, 4.69) is 40.4 Å². The minimum absolute atomic E-state index is 0.0338. The quantitative estimate of drug-likeness (QED) is 0.831. The van der Waals surface area contributed by atoms with Crippen LogP contribution in [0.1, 0.15) is 25.3 Å². The van der Waals surface area contributed by atoms with Crippen molar-refractivity contribution in [3.63, 3.8) is 0 Å². The van der Waals surface area contributed by atoms with E-state index in [0.29, 0.717) is 19.0 Å². The minimum Gasteiger partial charge on any atom is -0.371 e. The largest absolute Gasteiger partial charge is 0.371 e. The number of para-hydroxylation sites is 1. The molecule has 26 heavy (non-hydrogen) atoms. The van der Waals surface area contributed by atoms with Gasteiger partial charge in [-0.25, -0.2) is 4.79 Å². The number of benzene rings is 1. The lowest BCUT2D eigenvalue weighted by Gasteiger charge is -2.25. The number of anilines is 1. The molecule has 1 aliphatic heterocycles. The molecular formula is C20H29N5O. The van der Waals surface area contributed by atoms with E-state index >= 15 is 0 Å². The highest BCUT2D eigenvalue weighted by atomic mass is 16.2. The van der Waals surface area contributed by atoms with Gasteiger partial charge in [0.1, 0.15) is 0 Å². The van der Waals surface area contributed by atoms with Crippen LogP contribution in [0.5, 0.6) is 0 Å². The summed E-state index contributed by atoms with van der Waals surface area (Å²) in [6.45, 7) is 6.39. The zero-order valence-electron chi connectivity index (χ0n) is 15.8. The van der Waals surface area contributed by atoms with Crippen LogP contribution in [0.4, 0.5) is 10.5 Å². The number of rotatable bonds is 7. The van der Waals surface area contributed by atoms with Crippen molar-refractivity contribution in [2.45, 2.75) is 32.9 Å². The molecule has 1 aliphatic rings. The number of aromatic nitrogens is 2. The predicted octanol–water partition coefficient (Wildman–Crippen LogP) is 2.96. The molecule has 2 amide bonds. The third-order valence-electron chi connectivity index (χ3n) is 4.85. The van der Waals surface area contributed by atoms with E-state index in [1.165, 1.54) is 24.1 Å². The molecule has 1 N–H and O–H groups in total. The first-order valence-electron chi connectivity index (χ1n) is 9.42. The highest BCUT2D eigenvalue weighted by Crippen LogP contribution is 2.25. The van der Waals surface area contributed by atoms with E-state index in [4.69, 9.17) is 0 Å². The Morgan fingerprint density at radius 3 is 2.77 bits per heavy atom. The molecule has 1 saturated heterocycles. The monoisotopic (exact) mass is 355 g/mol. The molecule has 2 heterocycles. The normalized spacial score (nSPS) is 15.1. The fourth-order valence-corrected chi connectivity index (χ4v) is 3.43. The van der Waals surface area contributed by atoms with Gasteiger partial charge in [-0.2, -0.15) is 5.10 Å². The Morgan fingerprint density at radius 2 is 2.04 bits per heavy atom. The molecule has 0 spiro atoms. The van der Waals surface area contributed by atoms with Gasteiger partial charge in [0.25, 0.3) is 0 Å². The molecule has 0 aliphatic carbocycles. The Balaban J connectivity index is 1.51. The maximum absolute atomic E-state index is 12.5. The van der Waals surface area contributed by atoms with Gasteiger partial charge in [0.15, 0.2) is 0 Å². The van der Waals surface area contributed by atoms with Gasteiger partial charge in [-0.15, -0.1) is 0 Å². The lowest BCUT2D eigenvalue weighted by Crippen LogP contribution is -2.39. The molecule has 1 aromatic carbocycles. The van der Waals surface area contributed by atoms with Crippen LogP contribution >= 0.6 is 0 Å². The predicted molar refractivity (Wildman–Crippen MR) is 104 cm³/mol. The number of nitrogens with zero attached hydrogens (tertiary/aromatic N) is 4. The Labute approximate surface area is 155 Å². The topological polar surface area (TPSA) is 53.4 Å². The SMILES string of the molecule is CC(CNC(=O)N(C)Cc1ccccc1N1CCCC1)Cn1cccn1. The summed E-state index contributed by atoms with van der Waals surface area (Å²) in [6, 6.07) is 10.3. The van der Waals surface area contributed by atoms with Crippen LogP contribution in [0.2, 0.25) is 0 Å². The van der Waals surface area contributed by atoms with Crippen LogP contribution in [0.25, 0.3) is 0 Å². The molecule has 1 unspecified atom stereocenters. The number of hydrogen-bond donors (Lipinski definition) is 1. The summed E-state index contributed by atoms with van der Waals surface area (Å²) in [7, 11) is 1.86. The second-order valence-corrected chi connectivity index (χ2v) is 7.20. The Bertz CT molecular complexity index is 694. The van der Waals surface area contributed by atoms with Crippen molar-refractivity contribution in [3.05, 3.63) is 48.3 Å². The molecule has 6 nitrogen and oxygen atoms in total. The first kappa shape index (κ1) is 18.3. The van der Waals surface area contributed by atoms with Crippen LogP contribution in [-0.4, -0.2) is 47.4 Å². The standard InChI is InChI=1S/C20H29N5O/c1-17(15-25-13-7-10-22-25)14-21-20(26)23(2)16-18-8-3-4-9-19(18)24-11-5-6-12-24/h3-4,7-10,13,17H,5-6,11-12,14-16H2,1-2H3,(H,21,26). The van der Waals surface area contributed by atoms with E-state index in [-0.39, 0.29) is 6.03 Å². The van der Waals surface area contributed by atoms with E-state index in [0.717, 1.165) is 19.6 Å². The average Bonchev–Trinajstić information content (AvgIpc) is 3.34. The van der Waals surface area contributed by atoms with Crippen LogP contribution < -0.4 is 10.2 Å². The maximum Gasteiger partial charge on any atom is 0.317 e. The van der Waals surface area contributed by atoms with Crippen LogP contribution in [0, 0.1) is 5.92 Å². The molecule has 6 heteroatoms. The van der Waals surface area contributed by atoms with Crippen molar-refractivity contribution in [1.29, 1.82) is 0 Å². The van der Waals surface area contributed by atoms with Crippen molar-refractivity contribution in [3.8, 4) is 0 Å². The number of urea groups is 1. The van der Waals surface area contributed by atoms with Gasteiger partial charge in [-0.1, -0.05) is 25.1 Å². The second kappa shape index (κ2) is 8.74. The minimum atomic E-state index is -0.0338. The van der Waals surface area contributed by atoms with Gasteiger partial charge in [0.05, 0.1) is 0 Å². The summed E-state index contributed by atoms with van der Waals surface area (Å²) >= 11 is 0. The van der Waals surface area contributed by atoms with Gasteiger partial charge in [-0.05, 0) is 36.5 Å². The van der Waals surface area contributed by atoms with Gasteiger partial charge < -0.3 is 15.1 Å². The third kappa shape index (κ3) is 4.77. The van der Waals surface area contributed by atoms with E-state index in [9.17, 15) is 4.79 Å². The number of nitrogens with one attached hydrogen (secondary N) is 1. The second-order valence-electron chi connectivity index (χ2n) is 7.20. The molecule has 1 aromatic heterocycles. The first-order valence-corrected chi connectivity index (χ1v) is 9.42. The molecule has 0 bridgehead atoms. The highest BCUT2D eigenvalue weighted by molar-refractivity contribution is 5.74. The van der Waals surface area contributed by atoms with E-state index in [1.54, 1.807) is 11.1 Å². The fraction of sp³-hybridized carbons (Fsp3) is 0.500.